The van der Waals surface area contributed by atoms with Gasteiger partial charge in [0.1, 0.15) is 12.9 Å². The minimum Gasteiger partial charge on any atom is -0.504 e. The minimum atomic E-state index is -4.59. The summed E-state index contributed by atoms with van der Waals surface area (Å²) in [7, 11) is 0. The van der Waals surface area contributed by atoms with Gasteiger partial charge in [-0.15, -0.1) is 5.10 Å². The molecule has 1 aliphatic heterocycles. The molecule has 1 saturated heterocycles. The van der Waals surface area contributed by atoms with Crippen molar-refractivity contribution in [3.05, 3.63) is 91.3 Å². The van der Waals surface area contributed by atoms with Gasteiger partial charge < -0.3 is 19.9 Å². The Bertz CT molecular complexity index is 2350. The highest BCUT2D eigenvalue weighted by Gasteiger charge is 2.49. The highest BCUT2D eigenvalue weighted by Crippen LogP contribution is 2.50. The lowest BCUT2D eigenvalue weighted by molar-refractivity contribution is -0.137. The molecule has 1 unspecified atom stereocenters. The molecule has 1 aromatic carbocycles. The van der Waals surface area contributed by atoms with Crippen LogP contribution in [0.5, 0.6) is 5.75 Å². The van der Waals surface area contributed by atoms with Crippen LogP contribution in [0.15, 0.2) is 46.1 Å². The van der Waals surface area contributed by atoms with E-state index in [4.69, 9.17) is 0 Å². The molecule has 0 saturated carbocycles. The Morgan fingerprint density at radius 3 is 2.54 bits per heavy atom. The second kappa shape index (κ2) is 12.8. The van der Waals surface area contributed by atoms with Crippen LogP contribution in [0.2, 0.25) is 0 Å². The van der Waals surface area contributed by atoms with Crippen LogP contribution in [-0.2, 0) is 22.9 Å². The van der Waals surface area contributed by atoms with Gasteiger partial charge in [0, 0.05) is 39.9 Å². The van der Waals surface area contributed by atoms with Gasteiger partial charge in [-0.2, -0.15) is 22.7 Å². The zero-order chi connectivity index (χ0) is 37.3. The molecule has 0 radical (unpaired) electrons. The molecule has 52 heavy (non-hydrogen) atoms. The van der Waals surface area contributed by atoms with Crippen molar-refractivity contribution < 1.29 is 32.3 Å². The van der Waals surface area contributed by atoms with Crippen molar-refractivity contribution >= 4 is 39.2 Å². The number of nitrogens with zero attached hydrogens (tertiary/aromatic N) is 8. The Morgan fingerprint density at radius 2 is 1.85 bits per heavy atom. The Hall–Kier alpha value is -5.26. The van der Waals surface area contributed by atoms with Crippen molar-refractivity contribution in [3.8, 4) is 17.1 Å². The zero-order valence-electron chi connectivity index (χ0n) is 27.9. The number of aryl methyl sites for hydroxylation is 2. The third-order valence-corrected chi connectivity index (χ3v) is 10.5. The fourth-order valence-electron chi connectivity index (χ4n) is 7.34. The minimum absolute atomic E-state index is 0.00163. The van der Waals surface area contributed by atoms with Crippen LogP contribution in [0.1, 0.15) is 70.8 Å². The van der Waals surface area contributed by atoms with E-state index in [0.717, 1.165) is 28.9 Å². The molecule has 270 valence electrons. The lowest BCUT2D eigenvalue weighted by atomic mass is 9.73. The Labute approximate surface area is 300 Å². The number of benzene rings is 1. The molecule has 13 nitrogen and oxygen atoms in total. The quantitative estimate of drug-likeness (QED) is 0.225. The van der Waals surface area contributed by atoms with Crippen LogP contribution in [0.3, 0.4) is 0 Å². The summed E-state index contributed by atoms with van der Waals surface area (Å²) in [4.78, 5) is 59.4. The fraction of sp³-hybridized carbons (Fsp3) is 0.353. The number of aromatic nitrogens is 7. The highest BCUT2D eigenvalue weighted by molar-refractivity contribution is 9.10. The lowest BCUT2D eigenvalue weighted by Gasteiger charge is -2.39. The van der Waals surface area contributed by atoms with E-state index in [1.54, 1.807) is 23.3 Å². The maximum absolute atomic E-state index is 15.0. The summed E-state index contributed by atoms with van der Waals surface area (Å²) < 4.78 is 57.4. The first-order chi connectivity index (χ1) is 24.6. The first-order valence-electron chi connectivity index (χ1n) is 16.2. The maximum atomic E-state index is 15.0. The predicted molar refractivity (Wildman–Crippen MR) is 181 cm³/mol. The number of aromatic hydroxyl groups is 1. The molecule has 1 fully saturated rings. The zero-order valence-corrected chi connectivity index (χ0v) is 29.5. The van der Waals surface area contributed by atoms with Crippen molar-refractivity contribution in [1.29, 1.82) is 0 Å². The number of hydrogen-bond donors (Lipinski definition) is 2. The third-order valence-electron chi connectivity index (χ3n) is 9.80. The topological polar surface area (TPSA) is 160 Å². The normalized spacial score (nSPS) is 16.8. The van der Waals surface area contributed by atoms with Crippen LogP contribution >= 0.6 is 15.9 Å². The molecule has 2 N–H and O–H groups in total. The van der Waals surface area contributed by atoms with Crippen LogP contribution < -0.4 is 10.9 Å². The molecule has 0 bridgehead atoms. The summed E-state index contributed by atoms with van der Waals surface area (Å²) in [6, 6.07) is 4.28. The summed E-state index contributed by atoms with van der Waals surface area (Å²) in [5, 5.41) is 17.5. The van der Waals surface area contributed by atoms with Gasteiger partial charge in [-0.05, 0) is 79.2 Å². The van der Waals surface area contributed by atoms with Crippen molar-refractivity contribution in [2.45, 2.75) is 64.1 Å². The van der Waals surface area contributed by atoms with E-state index < -0.39 is 46.9 Å². The average Bonchev–Trinajstić information content (AvgIpc) is 3.66. The Kier molecular flexibility index (Phi) is 8.62. The number of anilines is 1. The molecular formula is C34H30BrF4N9O4. The van der Waals surface area contributed by atoms with E-state index in [-0.39, 0.29) is 63.5 Å². The number of carbonyl (C=O) groups excluding carboxylic acids is 2. The number of fused-ring (bicyclic) bond motifs is 3. The first kappa shape index (κ1) is 35.2. The predicted octanol–water partition coefficient (Wildman–Crippen LogP) is 5.31. The molecule has 2 aliphatic rings. The average molecular weight is 785 g/mol. The molecular weight excluding hydrogens is 754 g/mol. The van der Waals surface area contributed by atoms with Gasteiger partial charge >= 0.3 is 6.18 Å². The summed E-state index contributed by atoms with van der Waals surface area (Å²) >= 11 is 3.11. The summed E-state index contributed by atoms with van der Waals surface area (Å²) in [6.07, 6.45) is -1.13. The summed E-state index contributed by atoms with van der Waals surface area (Å²) in [6.45, 7) is 5.19. The number of hydrogen-bond acceptors (Lipinski definition) is 9. The molecule has 18 heteroatoms. The van der Waals surface area contributed by atoms with Gasteiger partial charge in [0.25, 0.3) is 11.5 Å². The van der Waals surface area contributed by atoms with Crippen molar-refractivity contribution in [1.82, 2.24) is 39.0 Å². The van der Waals surface area contributed by atoms with Crippen molar-refractivity contribution in [3.63, 3.8) is 0 Å². The van der Waals surface area contributed by atoms with E-state index in [2.05, 4.69) is 46.3 Å². The van der Waals surface area contributed by atoms with Gasteiger partial charge in [-0.1, -0.05) is 6.92 Å². The number of carbonyl (C=O) groups is 2. The Balaban J connectivity index is 1.29. The van der Waals surface area contributed by atoms with Crippen LogP contribution in [0.25, 0.3) is 17.2 Å². The number of pyridine rings is 1. The van der Waals surface area contributed by atoms with Crippen molar-refractivity contribution in [2.24, 2.45) is 0 Å². The molecule has 2 amide bonds. The Morgan fingerprint density at radius 1 is 1.12 bits per heavy atom. The van der Waals surface area contributed by atoms with Gasteiger partial charge in [-0.3, -0.25) is 19.4 Å². The van der Waals surface area contributed by atoms with Gasteiger partial charge in [0.05, 0.1) is 28.7 Å². The number of nitrogens with one attached hydrogen (secondary N) is 1. The van der Waals surface area contributed by atoms with Crippen LogP contribution in [-0.4, -0.2) is 69.0 Å². The third kappa shape index (κ3) is 5.97. The molecule has 5 heterocycles. The smallest absolute Gasteiger partial charge is 0.416 e. The molecule has 5 aromatic rings. The van der Waals surface area contributed by atoms with Crippen LogP contribution in [0, 0.1) is 19.7 Å². The van der Waals surface area contributed by atoms with Crippen LogP contribution in [0.4, 0.5) is 23.2 Å². The van der Waals surface area contributed by atoms with Gasteiger partial charge in [0.2, 0.25) is 11.7 Å². The number of alkyl halides is 3. The number of rotatable bonds is 5. The van der Waals surface area contributed by atoms with E-state index >= 15 is 4.39 Å². The number of likely N-dealkylation sites (tertiary alicyclic amines) is 1. The van der Waals surface area contributed by atoms with E-state index in [0.29, 0.717) is 36.2 Å². The number of piperidine rings is 1. The molecule has 4 aromatic heterocycles. The van der Waals surface area contributed by atoms with E-state index in [9.17, 15) is 32.7 Å². The first-order valence-corrected chi connectivity index (χ1v) is 17.0. The van der Waals surface area contributed by atoms with E-state index in [1.165, 1.54) is 12.4 Å². The second-order valence-corrected chi connectivity index (χ2v) is 14.0. The van der Waals surface area contributed by atoms with Gasteiger partial charge in [-0.25, -0.2) is 14.4 Å². The second-order valence-electron chi connectivity index (χ2n) is 13.2. The molecule has 7 rings (SSSR count). The number of amides is 2. The van der Waals surface area contributed by atoms with E-state index in [1.807, 2.05) is 6.92 Å². The maximum Gasteiger partial charge on any atom is 0.416 e. The lowest BCUT2D eigenvalue weighted by Crippen LogP contribution is -2.46. The fourth-order valence-corrected chi connectivity index (χ4v) is 7.82. The molecule has 1 atom stereocenters. The van der Waals surface area contributed by atoms with Crippen molar-refractivity contribution in [2.75, 3.05) is 18.4 Å². The standard InChI is InChI=1S/C34H30BrF4N9O4/c1-16-12-33(6-8-46(9-7-33)31(52)26-28(50)18(3)41-15-42-26)25-27(16)47(14-24(49)43-23-5-4-19(11-21(23)35)34(37,38)39)32-44-29(45-48(32)30(25)51)20-10-17(2)40-13-22(20)36/h4-5,10-11,13,15-16,50H,6-9,12,14H2,1-3H3,(H,43,49). The molecule has 1 spiro atoms. The summed E-state index contributed by atoms with van der Waals surface area (Å²) in [5.74, 6) is -2.54. The molecule has 1 aliphatic carbocycles. The van der Waals surface area contributed by atoms with Gasteiger partial charge in [0.15, 0.2) is 23.1 Å². The number of halogens is 5. The monoisotopic (exact) mass is 783 g/mol. The highest BCUT2D eigenvalue weighted by atomic mass is 79.9. The largest absolute Gasteiger partial charge is 0.504 e. The summed E-state index contributed by atoms with van der Waals surface area (Å²) in [5.41, 5.74) is -0.500. The SMILES string of the molecule is Cc1cc(-c2nc3n(CC(=O)Nc4ccc(C(F)(F)F)cc4Br)c4c(c(=O)n3n2)C2(CCN(C(=O)c3ncnc(C)c3O)CC2)CC4C)c(F)cn1.